The zero-order valence-corrected chi connectivity index (χ0v) is 11.6. The van der Waals surface area contributed by atoms with Crippen molar-refractivity contribution in [2.45, 2.75) is 58.2 Å². The van der Waals surface area contributed by atoms with Crippen LogP contribution >= 0.6 is 0 Å². The summed E-state index contributed by atoms with van der Waals surface area (Å²) in [5.74, 6) is -0.129. The molecule has 0 radical (unpaired) electrons. The largest absolute Gasteiger partial charge is 0.392 e. The Hall–Kier alpha value is -0.670. The molecule has 2 fully saturated rings. The van der Waals surface area contributed by atoms with Gasteiger partial charge in [0.1, 0.15) is 5.78 Å². The second-order valence-corrected chi connectivity index (χ2v) is 6.77. The highest BCUT2D eigenvalue weighted by Crippen LogP contribution is 2.53. The number of fused-ring (bicyclic) bond motifs is 1. The van der Waals surface area contributed by atoms with Gasteiger partial charge in [-0.15, -0.1) is 0 Å². The summed E-state index contributed by atoms with van der Waals surface area (Å²) in [6.07, 6.45) is 1.98. The number of carbonyl (C=O) groups is 1. The molecule has 2 saturated carbocycles. The molecular weight excluding hydrogens is 228 g/mol. The Balaban J connectivity index is 2.35. The van der Waals surface area contributed by atoms with Crippen LogP contribution in [0.5, 0.6) is 0 Å². The van der Waals surface area contributed by atoms with Gasteiger partial charge in [0.15, 0.2) is 0 Å². The van der Waals surface area contributed by atoms with E-state index < -0.39 is 17.1 Å². The molecule has 0 aliphatic heterocycles. The van der Waals surface area contributed by atoms with Crippen LogP contribution in [0.4, 0.5) is 0 Å². The highest BCUT2D eigenvalue weighted by atomic mass is 16.3. The molecule has 0 aromatic rings. The fourth-order valence-electron chi connectivity index (χ4n) is 3.88. The van der Waals surface area contributed by atoms with Crippen LogP contribution in [0.25, 0.3) is 0 Å². The molecule has 3 nitrogen and oxygen atoms in total. The lowest BCUT2D eigenvalue weighted by Crippen LogP contribution is -2.56. The Kier molecular flexibility index (Phi) is 3.19. The van der Waals surface area contributed by atoms with E-state index in [1.807, 2.05) is 6.92 Å². The summed E-state index contributed by atoms with van der Waals surface area (Å²) in [5, 5.41) is 20.7. The van der Waals surface area contributed by atoms with Crippen molar-refractivity contribution in [1.29, 1.82) is 0 Å². The number of aliphatic hydroxyl groups excluding tert-OH is 1. The first-order valence-electron chi connectivity index (χ1n) is 6.79. The summed E-state index contributed by atoms with van der Waals surface area (Å²) in [6, 6.07) is 0. The van der Waals surface area contributed by atoms with Gasteiger partial charge in [0.05, 0.1) is 11.7 Å². The van der Waals surface area contributed by atoms with Crippen molar-refractivity contribution in [2.75, 3.05) is 0 Å². The summed E-state index contributed by atoms with van der Waals surface area (Å²) in [7, 11) is 0. The molecule has 102 valence electrons. The molecule has 0 spiro atoms. The van der Waals surface area contributed by atoms with Gasteiger partial charge in [-0.3, -0.25) is 4.79 Å². The van der Waals surface area contributed by atoms with Crippen molar-refractivity contribution in [3.05, 3.63) is 12.2 Å². The molecule has 2 rings (SSSR count). The number of hydrogen-bond acceptors (Lipinski definition) is 3. The van der Waals surface area contributed by atoms with Crippen LogP contribution in [-0.4, -0.2) is 27.7 Å². The number of hydrogen-bond donors (Lipinski definition) is 2. The monoisotopic (exact) mass is 252 g/mol. The van der Waals surface area contributed by atoms with E-state index in [4.69, 9.17) is 0 Å². The van der Waals surface area contributed by atoms with Crippen molar-refractivity contribution >= 4 is 5.78 Å². The van der Waals surface area contributed by atoms with Crippen molar-refractivity contribution in [3.63, 3.8) is 0 Å². The first kappa shape index (κ1) is 13.8. The lowest BCUT2D eigenvalue weighted by atomic mass is 9.53. The van der Waals surface area contributed by atoms with Gasteiger partial charge in [-0.05, 0) is 33.1 Å². The zero-order chi connectivity index (χ0) is 13.7. The van der Waals surface area contributed by atoms with E-state index in [0.29, 0.717) is 19.3 Å². The molecule has 3 heteroatoms. The summed E-state index contributed by atoms with van der Waals surface area (Å²) >= 11 is 0. The predicted molar refractivity (Wildman–Crippen MR) is 70.0 cm³/mol. The Labute approximate surface area is 109 Å². The van der Waals surface area contributed by atoms with Crippen molar-refractivity contribution in [1.82, 2.24) is 0 Å². The molecule has 2 aliphatic carbocycles. The Morgan fingerprint density at radius 1 is 1.39 bits per heavy atom. The third-order valence-electron chi connectivity index (χ3n) is 5.07. The summed E-state index contributed by atoms with van der Waals surface area (Å²) in [6.45, 7) is 9.47. The molecule has 0 saturated heterocycles. The van der Waals surface area contributed by atoms with E-state index in [0.717, 1.165) is 12.0 Å². The average Bonchev–Trinajstić information content (AvgIpc) is 2.22. The number of ketones is 1. The Bertz CT molecular complexity index is 380. The van der Waals surface area contributed by atoms with Gasteiger partial charge in [-0.2, -0.15) is 0 Å². The minimum atomic E-state index is -0.915. The molecule has 18 heavy (non-hydrogen) atoms. The molecule has 0 aromatic carbocycles. The van der Waals surface area contributed by atoms with E-state index in [1.165, 1.54) is 0 Å². The lowest BCUT2D eigenvalue weighted by molar-refractivity contribution is -0.152. The lowest BCUT2D eigenvalue weighted by Gasteiger charge is -2.52. The molecular formula is C15H24O3. The topological polar surface area (TPSA) is 57.5 Å². The molecule has 0 amide bonds. The third-order valence-corrected chi connectivity index (χ3v) is 5.07. The maximum absolute atomic E-state index is 12.2. The Morgan fingerprint density at radius 3 is 2.56 bits per heavy atom. The first-order valence-corrected chi connectivity index (χ1v) is 6.79. The third kappa shape index (κ3) is 1.94. The van der Waals surface area contributed by atoms with Gasteiger partial charge in [0.2, 0.25) is 0 Å². The fourth-order valence-corrected chi connectivity index (χ4v) is 3.88. The van der Waals surface area contributed by atoms with Crippen molar-refractivity contribution < 1.29 is 15.0 Å². The molecule has 0 heterocycles. The second-order valence-electron chi connectivity index (χ2n) is 6.77. The number of Topliss-reactive ketones (excluding diaryl/α,β-unsaturated/α-hetero) is 1. The normalized spacial score (nSPS) is 41.7. The maximum atomic E-state index is 12.2. The van der Waals surface area contributed by atoms with Gasteiger partial charge in [-0.1, -0.05) is 19.1 Å². The highest BCUT2D eigenvalue weighted by Gasteiger charge is 2.55. The minimum absolute atomic E-state index is 0.182. The van der Waals surface area contributed by atoms with E-state index in [-0.39, 0.29) is 17.6 Å². The number of carbonyl (C=O) groups excluding carboxylic acids is 1. The van der Waals surface area contributed by atoms with Crippen LogP contribution < -0.4 is 0 Å². The average molecular weight is 252 g/mol. The first-order chi connectivity index (χ1) is 8.18. The molecule has 0 aromatic heterocycles. The summed E-state index contributed by atoms with van der Waals surface area (Å²) in [4.78, 5) is 12.2. The van der Waals surface area contributed by atoms with Gasteiger partial charge >= 0.3 is 0 Å². The van der Waals surface area contributed by atoms with E-state index >= 15 is 0 Å². The minimum Gasteiger partial charge on any atom is -0.392 e. The van der Waals surface area contributed by atoms with Crippen LogP contribution in [-0.2, 0) is 4.79 Å². The zero-order valence-electron chi connectivity index (χ0n) is 11.6. The van der Waals surface area contributed by atoms with Crippen molar-refractivity contribution in [3.8, 4) is 0 Å². The molecule has 2 aliphatic rings. The predicted octanol–water partition coefficient (Wildman–Crippen LogP) is 2.07. The quantitative estimate of drug-likeness (QED) is 0.702. The Morgan fingerprint density at radius 2 is 2.00 bits per heavy atom. The van der Waals surface area contributed by atoms with Gasteiger partial charge in [0.25, 0.3) is 0 Å². The molecule has 0 unspecified atom stereocenters. The van der Waals surface area contributed by atoms with E-state index in [1.54, 1.807) is 13.8 Å². The maximum Gasteiger partial charge on any atom is 0.139 e. The molecule has 4 atom stereocenters. The van der Waals surface area contributed by atoms with Crippen LogP contribution in [0.3, 0.4) is 0 Å². The smallest absolute Gasteiger partial charge is 0.139 e. The van der Waals surface area contributed by atoms with Crippen molar-refractivity contribution in [2.24, 2.45) is 17.3 Å². The fraction of sp³-hybridized carbons (Fsp3) is 0.800. The number of aliphatic hydroxyl groups is 2. The van der Waals surface area contributed by atoms with E-state index in [9.17, 15) is 15.0 Å². The van der Waals surface area contributed by atoms with Gasteiger partial charge < -0.3 is 10.2 Å². The standard InChI is InChI=1S/C15H24O3/c1-9-5-6-11(16)15(4)8-7-10(14(2,3)18)13(17)12(9)15/h10,12-13,17-18H,1,5-8H2,2-4H3/t10-,12-,13+,15+/m1/s1. The van der Waals surface area contributed by atoms with Crippen LogP contribution in [0.1, 0.15) is 46.5 Å². The number of rotatable bonds is 1. The van der Waals surface area contributed by atoms with E-state index in [2.05, 4.69) is 6.58 Å². The SMILES string of the molecule is C=C1CCC(=O)[C@]2(C)CC[C@@H](C(C)(C)O)[C@H](O)[C@@H]12. The summed E-state index contributed by atoms with van der Waals surface area (Å²) < 4.78 is 0. The van der Waals surface area contributed by atoms with Crippen LogP contribution in [0, 0.1) is 17.3 Å². The molecule has 2 N–H and O–H groups in total. The van der Waals surface area contributed by atoms with Crippen LogP contribution in [0.2, 0.25) is 0 Å². The van der Waals surface area contributed by atoms with Gasteiger partial charge in [-0.25, -0.2) is 0 Å². The summed E-state index contributed by atoms with van der Waals surface area (Å²) in [5.41, 5.74) is -0.420. The molecule has 0 bridgehead atoms. The highest BCUT2D eigenvalue weighted by molar-refractivity contribution is 5.87. The van der Waals surface area contributed by atoms with Gasteiger partial charge in [0, 0.05) is 23.7 Å². The second kappa shape index (κ2) is 4.17. The van der Waals surface area contributed by atoms with Crippen LogP contribution in [0.15, 0.2) is 12.2 Å².